The highest BCUT2D eigenvalue weighted by molar-refractivity contribution is 6.42. The van der Waals surface area contributed by atoms with E-state index in [1.807, 2.05) is 12.1 Å². The zero-order chi connectivity index (χ0) is 24.7. The minimum Gasteiger partial charge on any atom is -0.805 e. The number of anilines is 1. The van der Waals surface area contributed by atoms with Gasteiger partial charge in [-0.1, -0.05) is 31.2 Å². The maximum Gasteiger partial charge on any atom is 0.294 e. The van der Waals surface area contributed by atoms with Gasteiger partial charge in [-0.15, -0.1) is 5.71 Å². The van der Waals surface area contributed by atoms with Gasteiger partial charge in [0, 0.05) is 37.7 Å². The number of carbonyl (C=O) groups excluding carboxylic acids is 2. The van der Waals surface area contributed by atoms with Crippen LogP contribution in [0.25, 0.3) is 5.41 Å². The van der Waals surface area contributed by atoms with E-state index in [9.17, 15) is 19.8 Å². The van der Waals surface area contributed by atoms with Crippen molar-refractivity contribution in [3.63, 3.8) is 0 Å². The third-order valence-electron chi connectivity index (χ3n) is 5.82. The third-order valence-corrected chi connectivity index (χ3v) is 5.82. The fraction of sp³-hybridized carbons (Fsp3) is 0.417. The van der Waals surface area contributed by atoms with Crippen LogP contribution in [-0.4, -0.2) is 63.7 Å². The van der Waals surface area contributed by atoms with Crippen LogP contribution in [0.4, 0.5) is 5.82 Å². The van der Waals surface area contributed by atoms with Crippen LogP contribution in [0.5, 0.6) is 0 Å². The summed E-state index contributed by atoms with van der Waals surface area (Å²) in [7, 11) is 0. The third kappa shape index (κ3) is 6.22. The molecule has 10 heteroatoms. The maximum absolute atomic E-state index is 12.8. The van der Waals surface area contributed by atoms with Gasteiger partial charge in [-0.05, 0) is 30.9 Å². The first-order valence-corrected chi connectivity index (χ1v) is 11.3. The van der Waals surface area contributed by atoms with Gasteiger partial charge >= 0.3 is 0 Å². The molecule has 0 saturated carbocycles. The van der Waals surface area contributed by atoms with Gasteiger partial charge in [-0.2, -0.15) is 0 Å². The number of hydrogen-bond donors (Lipinski definition) is 3. The molecule has 34 heavy (non-hydrogen) atoms. The number of amides is 1. The summed E-state index contributed by atoms with van der Waals surface area (Å²) in [5, 5.41) is 22.4. The van der Waals surface area contributed by atoms with Crippen LogP contribution in [0.15, 0.2) is 41.5 Å². The van der Waals surface area contributed by atoms with Crippen molar-refractivity contribution in [3.05, 3.63) is 63.5 Å². The van der Waals surface area contributed by atoms with Gasteiger partial charge in [0.15, 0.2) is 11.6 Å². The Morgan fingerprint density at radius 2 is 1.97 bits per heavy atom. The zero-order valence-electron chi connectivity index (χ0n) is 19.5. The molecule has 1 atom stereocenters. The Labute approximate surface area is 198 Å². The minimum absolute atomic E-state index is 0.0204. The van der Waals surface area contributed by atoms with Gasteiger partial charge in [0.1, 0.15) is 6.04 Å². The lowest BCUT2D eigenvalue weighted by Crippen LogP contribution is -2.42. The lowest BCUT2D eigenvalue weighted by atomic mass is 10.00. The Hall–Kier alpha value is -3.66. The molecule has 0 fully saturated rings. The molecule has 1 aromatic heterocycles. The van der Waals surface area contributed by atoms with Crippen molar-refractivity contribution in [2.75, 3.05) is 31.5 Å². The molecule has 0 aliphatic carbocycles. The molecule has 2 aromatic rings. The number of ketones is 1. The van der Waals surface area contributed by atoms with E-state index in [0.29, 0.717) is 13.0 Å². The van der Waals surface area contributed by atoms with Crippen molar-refractivity contribution >= 4 is 28.9 Å². The molecule has 2 heterocycles. The second-order valence-electron chi connectivity index (χ2n) is 8.32. The van der Waals surface area contributed by atoms with Gasteiger partial charge in [0.25, 0.3) is 5.56 Å². The fourth-order valence-electron chi connectivity index (χ4n) is 3.90. The predicted octanol–water partition coefficient (Wildman–Crippen LogP) is 1.40. The summed E-state index contributed by atoms with van der Waals surface area (Å²) in [6.45, 7) is 4.72. The van der Waals surface area contributed by atoms with Crippen molar-refractivity contribution in [1.82, 2.24) is 19.8 Å². The number of fused-ring (bicyclic) bond motifs is 1. The second kappa shape index (κ2) is 11.5. The molecule has 1 amide bonds. The van der Waals surface area contributed by atoms with Crippen molar-refractivity contribution in [2.24, 2.45) is 0 Å². The highest BCUT2D eigenvalue weighted by atomic mass is 16.2. The van der Waals surface area contributed by atoms with E-state index in [1.165, 1.54) is 35.0 Å². The summed E-state index contributed by atoms with van der Waals surface area (Å²) in [4.78, 5) is 44.2. The van der Waals surface area contributed by atoms with Crippen molar-refractivity contribution in [1.29, 1.82) is 5.41 Å². The molecule has 0 radical (unpaired) electrons. The Balaban J connectivity index is 1.57. The van der Waals surface area contributed by atoms with Gasteiger partial charge in [0.05, 0.1) is 13.1 Å². The monoisotopic (exact) mass is 464 g/mol. The van der Waals surface area contributed by atoms with Crippen LogP contribution in [0.2, 0.25) is 0 Å². The van der Waals surface area contributed by atoms with E-state index in [1.54, 1.807) is 6.92 Å². The number of Topliss-reactive ketones (excluding diaryl/α,β-unsaturated/α-hetero) is 1. The molecule has 0 bridgehead atoms. The van der Waals surface area contributed by atoms with Crippen molar-refractivity contribution < 1.29 is 9.59 Å². The predicted molar refractivity (Wildman–Crippen MR) is 132 cm³/mol. The van der Waals surface area contributed by atoms with Crippen LogP contribution in [0.3, 0.4) is 0 Å². The number of nitrogens with one attached hydrogen (secondary N) is 3. The Kier molecular flexibility index (Phi) is 8.42. The van der Waals surface area contributed by atoms with E-state index in [4.69, 9.17) is 5.41 Å². The highest BCUT2D eigenvalue weighted by Gasteiger charge is 2.23. The lowest BCUT2D eigenvalue weighted by Gasteiger charge is -2.28. The van der Waals surface area contributed by atoms with E-state index in [2.05, 4.69) is 32.7 Å². The summed E-state index contributed by atoms with van der Waals surface area (Å²) in [6, 6.07) is 7.38. The number of rotatable bonds is 11. The molecule has 1 aliphatic heterocycles. The Morgan fingerprint density at radius 1 is 1.24 bits per heavy atom. The molecular weight excluding hydrogens is 434 g/mol. The SMILES string of the molecule is CC[C@@H](C(=O)NCC(=O)CN1CCc2ccccc2C1)n1ccnc(NCC(=[N-])C(C)=N)c1=O. The molecular formula is C24H30N7O3-. The van der Waals surface area contributed by atoms with E-state index >= 15 is 0 Å². The molecule has 10 nitrogen and oxygen atoms in total. The Bertz CT molecular complexity index is 1140. The largest absolute Gasteiger partial charge is 0.805 e. The highest BCUT2D eigenvalue weighted by Crippen LogP contribution is 2.18. The molecule has 3 rings (SSSR count). The maximum atomic E-state index is 12.8. The quantitative estimate of drug-likeness (QED) is 0.429. The first-order chi connectivity index (χ1) is 16.3. The molecule has 0 unspecified atom stereocenters. The summed E-state index contributed by atoms with van der Waals surface area (Å²) >= 11 is 0. The summed E-state index contributed by atoms with van der Waals surface area (Å²) in [5.74, 6) is -0.563. The number of nitrogens with zero attached hydrogens (tertiary/aromatic N) is 4. The average Bonchev–Trinajstić information content (AvgIpc) is 2.83. The number of hydrogen-bond acceptors (Lipinski definition) is 7. The number of aromatic nitrogens is 2. The zero-order valence-corrected chi connectivity index (χ0v) is 19.5. The standard InChI is InChI=1S/C24H30N7O3/c1-3-21(31-11-9-27-22(24(31)34)28-13-20(26)16(2)25)23(33)29-12-19(32)15-30-10-8-17-6-4-5-7-18(17)14-30/h4-7,9,11,21,25H,3,8,10,12-15H2,1-2H3,(H,27,28)(H,29,33)/q-1/t21-/m0/s1. The summed E-state index contributed by atoms with van der Waals surface area (Å²) < 4.78 is 1.25. The van der Waals surface area contributed by atoms with Crippen LogP contribution < -0.4 is 16.2 Å². The summed E-state index contributed by atoms with van der Waals surface area (Å²) in [5.41, 5.74) is 1.77. The molecule has 0 spiro atoms. The molecule has 1 aromatic carbocycles. The first-order valence-electron chi connectivity index (χ1n) is 11.3. The van der Waals surface area contributed by atoms with E-state index < -0.39 is 17.5 Å². The second-order valence-corrected chi connectivity index (χ2v) is 8.32. The van der Waals surface area contributed by atoms with Crippen molar-refractivity contribution in [2.45, 2.75) is 39.3 Å². The van der Waals surface area contributed by atoms with Gasteiger partial charge in [-0.3, -0.25) is 23.9 Å². The molecule has 0 saturated heterocycles. The normalized spacial score (nSPS) is 14.1. The smallest absolute Gasteiger partial charge is 0.294 e. The molecule has 3 N–H and O–H groups in total. The van der Waals surface area contributed by atoms with Crippen LogP contribution in [0.1, 0.15) is 37.4 Å². The van der Waals surface area contributed by atoms with E-state index in [-0.39, 0.29) is 42.7 Å². The fourth-order valence-corrected chi connectivity index (χ4v) is 3.90. The Morgan fingerprint density at radius 3 is 2.68 bits per heavy atom. The average molecular weight is 465 g/mol. The van der Waals surface area contributed by atoms with E-state index in [0.717, 1.165) is 13.0 Å². The van der Waals surface area contributed by atoms with Gasteiger partial charge in [-0.25, -0.2) is 4.98 Å². The van der Waals surface area contributed by atoms with Crippen LogP contribution in [-0.2, 0) is 22.6 Å². The minimum atomic E-state index is -0.812. The van der Waals surface area contributed by atoms with Crippen LogP contribution in [0, 0.1) is 5.41 Å². The molecule has 180 valence electrons. The number of benzene rings is 1. The topological polar surface area (TPSA) is 142 Å². The van der Waals surface area contributed by atoms with Crippen LogP contribution >= 0.6 is 0 Å². The van der Waals surface area contributed by atoms with Gasteiger partial charge < -0.3 is 21.5 Å². The first kappa shape index (κ1) is 25.0. The van der Waals surface area contributed by atoms with Crippen molar-refractivity contribution in [3.8, 4) is 0 Å². The molecule has 1 aliphatic rings. The lowest BCUT2D eigenvalue weighted by molar-refractivity contribution is -0.128. The number of carbonyl (C=O) groups is 2. The summed E-state index contributed by atoms with van der Waals surface area (Å²) in [6.07, 6.45) is 4.03. The van der Waals surface area contributed by atoms with Gasteiger partial charge in [0.2, 0.25) is 5.91 Å².